The minimum Gasteiger partial charge on any atom is -0.303 e. The van der Waals surface area contributed by atoms with E-state index in [2.05, 4.69) is 15.9 Å². The Bertz CT molecular complexity index is 399. The van der Waals surface area contributed by atoms with Gasteiger partial charge in [-0.2, -0.15) is 0 Å². The number of benzene rings is 1. The van der Waals surface area contributed by atoms with Gasteiger partial charge >= 0.3 is 0 Å². The summed E-state index contributed by atoms with van der Waals surface area (Å²) < 4.78 is -0.678. The maximum atomic E-state index is 10.8. The van der Waals surface area contributed by atoms with E-state index in [1.54, 1.807) is 18.2 Å². The van der Waals surface area contributed by atoms with E-state index in [9.17, 15) is 4.79 Å². The Hall–Kier alpha value is 0.240. The van der Waals surface area contributed by atoms with Crippen molar-refractivity contribution in [2.75, 3.05) is 0 Å². The van der Waals surface area contributed by atoms with Crippen molar-refractivity contribution < 1.29 is 4.79 Å². The molecule has 0 heterocycles. The zero-order valence-corrected chi connectivity index (χ0v) is 11.2. The van der Waals surface area contributed by atoms with Gasteiger partial charge in [-0.15, -0.1) is 11.6 Å². The first kappa shape index (κ1) is 11.7. The first-order valence-corrected chi connectivity index (χ1v) is 6.18. The summed E-state index contributed by atoms with van der Waals surface area (Å²) in [5, 5.41) is 1.10. The van der Waals surface area contributed by atoms with E-state index in [4.69, 9.17) is 34.8 Å². The van der Waals surface area contributed by atoms with Crippen LogP contribution in [0.5, 0.6) is 0 Å². The summed E-state index contributed by atoms with van der Waals surface area (Å²) in [6.45, 7) is 0. The van der Waals surface area contributed by atoms with Gasteiger partial charge in [-0.3, -0.25) is 0 Å². The van der Waals surface area contributed by atoms with Crippen LogP contribution in [-0.2, 0) is 4.79 Å². The average Bonchev–Trinajstić information content (AvgIpc) is 2.66. The van der Waals surface area contributed by atoms with Crippen molar-refractivity contribution in [3.63, 3.8) is 0 Å². The molecule has 1 aliphatic carbocycles. The molecular formula is C10H6BrCl3O. The Morgan fingerprint density at radius 1 is 1.27 bits per heavy atom. The van der Waals surface area contributed by atoms with Crippen LogP contribution in [-0.4, -0.2) is 10.1 Å². The van der Waals surface area contributed by atoms with E-state index >= 15 is 0 Å². The molecule has 0 aromatic heterocycles. The smallest absolute Gasteiger partial charge is 0.126 e. The Kier molecular flexibility index (Phi) is 3.06. The molecule has 1 aromatic rings. The van der Waals surface area contributed by atoms with E-state index in [0.717, 1.165) is 11.8 Å². The number of aldehydes is 1. The van der Waals surface area contributed by atoms with Crippen LogP contribution in [0.25, 0.3) is 0 Å². The summed E-state index contributed by atoms with van der Waals surface area (Å²) >= 11 is 21.2. The molecule has 0 N–H and O–H groups in total. The molecule has 0 aliphatic heterocycles. The Balaban J connectivity index is 2.36. The van der Waals surface area contributed by atoms with Gasteiger partial charge in [-0.25, -0.2) is 0 Å². The topological polar surface area (TPSA) is 17.1 Å². The monoisotopic (exact) mass is 326 g/mol. The fraction of sp³-hybridized carbons (Fsp3) is 0.300. The maximum Gasteiger partial charge on any atom is 0.126 e. The minimum absolute atomic E-state index is 0.0622. The van der Waals surface area contributed by atoms with Crippen LogP contribution in [0.1, 0.15) is 11.5 Å². The molecular weight excluding hydrogens is 322 g/mol. The Labute approximate surface area is 111 Å². The van der Waals surface area contributed by atoms with Gasteiger partial charge in [0.2, 0.25) is 0 Å². The van der Waals surface area contributed by atoms with Crippen molar-refractivity contribution in [3.05, 3.63) is 33.8 Å². The summed E-state index contributed by atoms with van der Waals surface area (Å²) in [6, 6.07) is 5.20. The van der Waals surface area contributed by atoms with Crippen LogP contribution in [0.2, 0.25) is 10.0 Å². The molecule has 1 unspecified atom stereocenters. The first-order valence-electron chi connectivity index (χ1n) is 4.26. The maximum absolute atomic E-state index is 10.8. The van der Waals surface area contributed by atoms with Crippen molar-refractivity contribution in [3.8, 4) is 0 Å². The quantitative estimate of drug-likeness (QED) is 0.586. The number of hydrogen-bond acceptors (Lipinski definition) is 1. The molecule has 1 nitrogen and oxygen atoms in total. The molecule has 5 heteroatoms. The third-order valence-electron chi connectivity index (χ3n) is 2.50. The Morgan fingerprint density at radius 3 is 2.20 bits per heavy atom. The van der Waals surface area contributed by atoms with E-state index in [1.165, 1.54) is 0 Å². The highest BCUT2D eigenvalue weighted by atomic mass is 79.9. The molecule has 3 atom stereocenters. The predicted octanol–water partition coefficient (Wildman–Crippen LogP) is 4.24. The third-order valence-corrected chi connectivity index (χ3v) is 4.45. The summed E-state index contributed by atoms with van der Waals surface area (Å²) in [6.07, 6.45) is 0.848. The summed E-state index contributed by atoms with van der Waals surface area (Å²) in [7, 11) is 0. The molecule has 0 saturated heterocycles. The average molecular weight is 328 g/mol. The number of carbonyl (C=O) groups excluding carboxylic acids is 1. The lowest BCUT2D eigenvalue weighted by Crippen LogP contribution is -1.89. The van der Waals surface area contributed by atoms with Gasteiger partial charge in [-0.05, 0) is 23.8 Å². The molecule has 1 saturated carbocycles. The predicted molar refractivity (Wildman–Crippen MR) is 66.3 cm³/mol. The molecule has 1 fully saturated rings. The van der Waals surface area contributed by atoms with Gasteiger partial charge in [0.25, 0.3) is 0 Å². The lowest BCUT2D eigenvalue weighted by Gasteiger charge is -2.02. The van der Waals surface area contributed by atoms with Gasteiger partial charge in [0, 0.05) is 16.0 Å². The zero-order valence-electron chi connectivity index (χ0n) is 7.38. The van der Waals surface area contributed by atoms with Gasteiger partial charge in [0.05, 0.1) is 5.92 Å². The zero-order chi connectivity index (χ0) is 11.2. The van der Waals surface area contributed by atoms with E-state index in [-0.39, 0.29) is 11.8 Å². The molecule has 1 aliphatic rings. The molecule has 1 aromatic carbocycles. The van der Waals surface area contributed by atoms with E-state index in [0.29, 0.717) is 10.0 Å². The van der Waals surface area contributed by atoms with Gasteiger partial charge < -0.3 is 4.79 Å². The first-order chi connectivity index (χ1) is 6.96. The summed E-state index contributed by atoms with van der Waals surface area (Å²) in [4.78, 5) is 10.8. The van der Waals surface area contributed by atoms with Crippen molar-refractivity contribution in [2.24, 2.45) is 5.92 Å². The van der Waals surface area contributed by atoms with Crippen LogP contribution >= 0.6 is 50.7 Å². The largest absolute Gasteiger partial charge is 0.303 e. The van der Waals surface area contributed by atoms with Crippen LogP contribution in [0.15, 0.2) is 18.2 Å². The second kappa shape index (κ2) is 3.92. The number of alkyl halides is 2. The number of carbonyl (C=O) groups is 1. The number of halogens is 4. The molecule has 0 bridgehead atoms. The molecule has 0 amide bonds. The third kappa shape index (κ3) is 2.05. The van der Waals surface area contributed by atoms with E-state index < -0.39 is 3.78 Å². The lowest BCUT2D eigenvalue weighted by molar-refractivity contribution is -0.108. The second-order valence-corrected chi connectivity index (χ2v) is 6.78. The minimum atomic E-state index is -0.678. The highest BCUT2D eigenvalue weighted by molar-refractivity contribution is 9.10. The highest BCUT2D eigenvalue weighted by Crippen LogP contribution is 2.65. The SMILES string of the molecule is O=C[C@H]1[C@H](c2cc(Cl)cc(Cl)c2)C1(Cl)Br. The normalized spacial score (nSPS) is 33.9. The summed E-state index contributed by atoms with van der Waals surface area (Å²) in [5.74, 6) is -0.290. The fourth-order valence-corrected chi connectivity index (χ4v) is 3.41. The van der Waals surface area contributed by atoms with Crippen LogP contribution in [0.3, 0.4) is 0 Å². The van der Waals surface area contributed by atoms with Crippen LogP contribution in [0, 0.1) is 5.92 Å². The second-order valence-electron chi connectivity index (χ2n) is 3.52. The standard InChI is InChI=1S/C10H6BrCl3O/c11-10(14)8(4-15)9(10)5-1-6(12)3-7(13)2-5/h1-4,8-9H/t8-,9-,10?/m0/s1. The van der Waals surface area contributed by atoms with Gasteiger partial charge in [0.15, 0.2) is 0 Å². The van der Waals surface area contributed by atoms with Gasteiger partial charge in [-0.1, -0.05) is 39.1 Å². The Morgan fingerprint density at radius 2 is 1.80 bits per heavy atom. The molecule has 0 radical (unpaired) electrons. The van der Waals surface area contributed by atoms with E-state index in [1.807, 2.05) is 0 Å². The fourth-order valence-electron chi connectivity index (χ4n) is 1.70. The van der Waals surface area contributed by atoms with Crippen molar-refractivity contribution in [2.45, 2.75) is 9.70 Å². The molecule has 0 spiro atoms. The van der Waals surface area contributed by atoms with Crippen molar-refractivity contribution in [1.82, 2.24) is 0 Å². The molecule has 15 heavy (non-hydrogen) atoms. The number of rotatable bonds is 2. The van der Waals surface area contributed by atoms with Crippen molar-refractivity contribution >= 4 is 57.0 Å². The van der Waals surface area contributed by atoms with Gasteiger partial charge in [0.1, 0.15) is 10.1 Å². The lowest BCUT2D eigenvalue weighted by atomic mass is 10.1. The summed E-state index contributed by atoms with van der Waals surface area (Å²) in [5.41, 5.74) is 0.886. The van der Waals surface area contributed by atoms with Crippen LogP contribution in [0.4, 0.5) is 0 Å². The van der Waals surface area contributed by atoms with Crippen LogP contribution < -0.4 is 0 Å². The number of hydrogen-bond donors (Lipinski definition) is 0. The molecule has 80 valence electrons. The van der Waals surface area contributed by atoms with Crippen molar-refractivity contribution in [1.29, 1.82) is 0 Å². The highest BCUT2D eigenvalue weighted by Gasteiger charge is 2.63. The molecule has 2 rings (SSSR count).